The molecule has 2 unspecified atom stereocenters. The SMILES string of the molecule is CCC1(C)C=Cc2cc3c(cc2C1)sc1cc2cc(-c4cc5c(cc4S)C=C(C)C(C)C5)c(C)cc2cc13. The molecule has 2 aliphatic carbocycles. The third-order valence-corrected chi connectivity index (χ3v) is 10.8. The van der Waals surface area contributed by atoms with Crippen LogP contribution in [0.4, 0.5) is 0 Å². The normalized spacial score (nSPS) is 20.7. The maximum atomic E-state index is 4.96. The summed E-state index contributed by atoms with van der Waals surface area (Å²) in [5.41, 5.74) is 11.2. The van der Waals surface area contributed by atoms with Crippen LogP contribution in [0.5, 0.6) is 0 Å². The van der Waals surface area contributed by atoms with Crippen molar-refractivity contribution < 1.29 is 0 Å². The molecular formula is C36H34S2. The Balaban J connectivity index is 1.37. The van der Waals surface area contributed by atoms with Gasteiger partial charge in [-0.1, -0.05) is 50.6 Å². The van der Waals surface area contributed by atoms with Crippen molar-refractivity contribution in [1.29, 1.82) is 0 Å². The molecule has 0 radical (unpaired) electrons. The minimum absolute atomic E-state index is 0.273. The smallest absolute Gasteiger partial charge is 0.0361 e. The highest BCUT2D eigenvalue weighted by Crippen LogP contribution is 2.43. The molecule has 0 saturated heterocycles. The number of benzene rings is 4. The Kier molecular flexibility index (Phi) is 5.49. The molecule has 0 nitrogen and oxygen atoms in total. The summed E-state index contributed by atoms with van der Waals surface area (Å²) in [7, 11) is 0. The number of aryl methyl sites for hydroxylation is 1. The lowest BCUT2D eigenvalue weighted by Gasteiger charge is -2.29. The monoisotopic (exact) mass is 530 g/mol. The first-order chi connectivity index (χ1) is 18.2. The molecule has 2 atom stereocenters. The molecule has 0 aliphatic heterocycles. The Bertz CT molecular complexity index is 1860. The number of thiol groups is 1. The van der Waals surface area contributed by atoms with Gasteiger partial charge in [0.25, 0.3) is 0 Å². The van der Waals surface area contributed by atoms with Gasteiger partial charge < -0.3 is 0 Å². The Hall–Kier alpha value is -2.81. The number of allylic oxidation sites excluding steroid dienone is 2. The summed E-state index contributed by atoms with van der Waals surface area (Å²) in [4.78, 5) is 1.06. The number of rotatable bonds is 2. The highest BCUT2D eigenvalue weighted by atomic mass is 32.1. The van der Waals surface area contributed by atoms with E-state index < -0.39 is 0 Å². The number of thiophene rings is 1. The van der Waals surface area contributed by atoms with Gasteiger partial charge in [0.1, 0.15) is 0 Å². The molecule has 0 bridgehead atoms. The second-order valence-electron chi connectivity index (χ2n) is 12.1. The van der Waals surface area contributed by atoms with Gasteiger partial charge in [-0.3, -0.25) is 0 Å². The summed E-state index contributed by atoms with van der Waals surface area (Å²) >= 11 is 6.90. The fourth-order valence-electron chi connectivity index (χ4n) is 6.47. The molecule has 38 heavy (non-hydrogen) atoms. The number of fused-ring (bicyclic) bond motifs is 6. The van der Waals surface area contributed by atoms with Crippen molar-refractivity contribution in [2.24, 2.45) is 11.3 Å². The van der Waals surface area contributed by atoms with Gasteiger partial charge in [0.2, 0.25) is 0 Å². The lowest BCUT2D eigenvalue weighted by Crippen LogP contribution is -2.18. The van der Waals surface area contributed by atoms with Crippen molar-refractivity contribution in [2.75, 3.05) is 0 Å². The molecule has 0 fully saturated rings. The van der Waals surface area contributed by atoms with Crippen molar-refractivity contribution in [3.8, 4) is 11.1 Å². The molecule has 0 saturated carbocycles. The first-order valence-corrected chi connectivity index (χ1v) is 15.1. The van der Waals surface area contributed by atoms with Crippen LogP contribution in [-0.2, 0) is 12.8 Å². The third-order valence-electron chi connectivity index (χ3n) is 9.33. The predicted molar refractivity (Wildman–Crippen MR) is 172 cm³/mol. The van der Waals surface area contributed by atoms with Gasteiger partial charge in [-0.25, -0.2) is 0 Å². The highest BCUT2D eigenvalue weighted by molar-refractivity contribution is 7.80. The van der Waals surface area contributed by atoms with Crippen LogP contribution in [0.3, 0.4) is 0 Å². The van der Waals surface area contributed by atoms with Gasteiger partial charge in [-0.2, -0.15) is 0 Å². The molecule has 5 aromatic rings. The lowest BCUT2D eigenvalue weighted by molar-refractivity contribution is 0.406. The molecule has 0 N–H and O–H groups in total. The summed E-state index contributed by atoms with van der Waals surface area (Å²) in [6.07, 6.45) is 10.5. The molecule has 1 heterocycles. The largest absolute Gasteiger partial charge is 0.143 e. The van der Waals surface area contributed by atoms with Crippen LogP contribution in [0.25, 0.3) is 54.2 Å². The maximum absolute atomic E-state index is 4.96. The molecule has 190 valence electrons. The predicted octanol–water partition coefficient (Wildman–Crippen LogP) is 11.1. The van der Waals surface area contributed by atoms with E-state index >= 15 is 0 Å². The highest BCUT2D eigenvalue weighted by Gasteiger charge is 2.25. The van der Waals surface area contributed by atoms with Crippen molar-refractivity contribution >= 4 is 67.1 Å². The quantitative estimate of drug-likeness (QED) is 0.216. The Morgan fingerprint density at radius 2 is 1.63 bits per heavy atom. The van der Waals surface area contributed by atoms with Crippen LogP contribution in [0.15, 0.2) is 65.1 Å². The molecule has 4 aromatic carbocycles. The molecule has 0 spiro atoms. The van der Waals surface area contributed by atoms with Gasteiger partial charge in [0.15, 0.2) is 0 Å². The first kappa shape index (κ1) is 24.2. The second kappa shape index (κ2) is 8.60. The van der Waals surface area contributed by atoms with E-state index in [1.165, 1.54) is 81.9 Å². The van der Waals surface area contributed by atoms with Crippen LogP contribution >= 0.6 is 24.0 Å². The van der Waals surface area contributed by atoms with Gasteiger partial charge in [-0.15, -0.1) is 24.0 Å². The Morgan fingerprint density at radius 1 is 0.868 bits per heavy atom. The fourth-order valence-corrected chi connectivity index (χ4v) is 7.98. The van der Waals surface area contributed by atoms with E-state index in [1.807, 2.05) is 11.3 Å². The minimum Gasteiger partial charge on any atom is -0.143 e. The van der Waals surface area contributed by atoms with Crippen molar-refractivity contribution in [3.63, 3.8) is 0 Å². The summed E-state index contributed by atoms with van der Waals surface area (Å²) < 4.78 is 2.78. The van der Waals surface area contributed by atoms with Gasteiger partial charge in [0, 0.05) is 25.1 Å². The summed E-state index contributed by atoms with van der Waals surface area (Å²) in [5, 5.41) is 5.39. The first-order valence-electron chi connectivity index (χ1n) is 13.9. The maximum Gasteiger partial charge on any atom is 0.0361 e. The molecule has 1 aromatic heterocycles. The number of hydrogen-bond acceptors (Lipinski definition) is 2. The van der Waals surface area contributed by atoms with Crippen LogP contribution < -0.4 is 0 Å². The van der Waals surface area contributed by atoms with Crippen molar-refractivity contribution in [3.05, 3.63) is 88.0 Å². The van der Waals surface area contributed by atoms with Crippen molar-refractivity contribution in [2.45, 2.75) is 58.8 Å². The molecule has 2 aliphatic rings. The van der Waals surface area contributed by atoms with Crippen LogP contribution in [0, 0.1) is 18.3 Å². The average Bonchev–Trinajstić information content (AvgIpc) is 3.22. The number of hydrogen-bond donors (Lipinski definition) is 1. The van der Waals surface area contributed by atoms with E-state index in [1.54, 1.807) is 0 Å². The average molecular weight is 531 g/mol. The molecular weight excluding hydrogens is 497 g/mol. The van der Waals surface area contributed by atoms with Crippen LogP contribution in [0.1, 0.15) is 61.9 Å². The fraction of sp³-hybridized carbons (Fsp3) is 0.278. The summed E-state index contributed by atoms with van der Waals surface area (Å²) in [6, 6.07) is 19.1. The van der Waals surface area contributed by atoms with Crippen molar-refractivity contribution in [1.82, 2.24) is 0 Å². The van der Waals surface area contributed by atoms with Crippen LogP contribution in [0.2, 0.25) is 0 Å². The van der Waals surface area contributed by atoms with Crippen LogP contribution in [-0.4, -0.2) is 0 Å². The lowest BCUT2D eigenvalue weighted by atomic mass is 9.76. The van der Waals surface area contributed by atoms with Gasteiger partial charge in [-0.05, 0) is 137 Å². The zero-order chi connectivity index (χ0) is 26.3. The van der Waals surface area contributed by atoms with E-state index in [-0.39, 0.29) is 5.41 Å². The summed E-state index contributed by atoms with van der Waals surface area (Å²) in [5.74, 6) is 0.594. The van der Waals surface area contributed by atoms with E-state index in [0.717, 1.165) is 17.7 Å². The van der Waals surface area contributed by atoms with E-state index in [2.05, 4.69) is 101 Å². The summed E-state index contributed by atoms with van der Waals surface area (Å²) in [6.45, 7) is 11.5. The van der Waals surface area contributed by atoms with E-state index in [0.29, 0.717) is 5.92 Å². The Morgan fingerprint density at radius 3 is 2.45 bits per heavy atom. The zero-order valence-electron chi connectivity index (χ0n) is 22.9. The Labute approximate surface area is 235 Å². The second-order valence-corrected chi connectivity index (χ2v) is 13.7. The van der Waals surface area contributed by atoms with Gasteiger partial charge >= 0.3 is 0 Å². The molecule has 0 amide bonds. The van der Waals surface area contributed by atoms with E-state index in [9.17, 15) is 0 Å². The zero-order valence-corrected chi connectivity index (χ0v) is 24.6. The third kappa shape index (κ3) is 3.80. The van der Waals surface area contributed by atoms with E-state index in [4.69, 9.17) is 12.6 Å². The molecule has 7 rings (SSSR count). The topological polar surface area (TPSA) is 0 Å². The minimum atomic E-state index is 0.273. The standard InChI is InChI=1S/C36H34S2/c1-6-36(5)8-7-23-12-31-32-15-25-11-22(4)29(13-27(25)17-34(32)38-35(31)18-28(23)19-36)30-14-24-9-20(2)21(3)10-26(24)16-33(30)37/h7-8,10-18,20,37H,6,9,19H2,1-5H3. The molecule has 2 heteroatoms. The van der Waals surface area contributed by atoms with Gasteiger partial charge in [0.05, 0.1) is 0 Å².